The molecule has 0 bridgehead atoms. The molecule has 3 rings (SSSR count). The maximum Gasteiger partial charge on any atom is 0.261 e. The molecule has 0 fully saturated rings. The summed E-state index contributed by atoms with van der Waals surface area (Å²) >= 11 is 7.79. The molecule has 0 radical (unpaired) electrons. The molecule has 1 aromatic carbocycles. The van der Waals surface area contributed by atoms with E-state index in [-0.39, 0.29) is 10.9 Å². The predicted octanol–water partition coefficient (Wildman–Crippen LogP) is 3.40. The Hall–Kier alpha value is -1.72. The molecule has 0 saturated carbocycles. The Labute approximate surface area is 131 Å². The van der Waals surface area contributed by atoms with Gasteiger partial charge in [0, 0.05) is 24.5 Å². The molecule has 1 atom stereocenters. The Morgan fingerprint density at radius 2 is 2.19 bits per heavy atom. The molecule has 108 valence electrons. The van der Waals surface area contributed by atoms with Crippen LogP contribution in [0.15, 0.2) is 40.6 Å². The molecule has 1 unspecified atom stereocenters. The van der Waals surface area contributed by atoms with Crippen LogP contribution in [-0.4, -0.2) is 14.5 Å². The van der Waals surface area contributed by atoms with Gasteiger partial charge in [0.15, 0.2) is 0 Å². The van der Waals surface area contributed by atoms with Crippen LogP contribution in [0.2, 0.25) is 0 Å². The maximum atomic E-state index is 12.7. The summed E-state index contributed by atoms with van der Waals surface area (Å²) in [4.78, 5) is 21.5. The average molecular weight is 320 g/mol. The SMILES string of the molecule is CC(Cl)c1nc2ccccc2c(=O)n1CCc1nccs1. The second-order valence-electron chi connectivity index (χ2n) is 4.74. The van der Waals surface area contributed by atoms with Crippen molar-refractivity contribution in [3.63, 3.8) is 0 Å². The van der Waals surface area contributed by atoms with Crippen molar-refractivity contribution in [1.82, 2.24) is 14.5 Å². The van der Waals surface area contributed by atoms with E-state index in [1.807, 2.05) is 30.5 Å². The molecule has 3 aromatic rings. The van der Waals surface area contributed by atoms with Gasteiger partial charge in [-0.3, -0.25) is 9.36 Å². The lowest BCUT2D eigenvalue weighted by molar-refractivity contribution is 0.615. The summed E-state index contributed by atoms with van der Waals surface area (Å²) in [6.45, 7) is 2.37. The van der Waals surface area contributed by atoms with Crippen molar-refractivity contribution in [3.8, 4) is 0 Å². The smallest absolute Gasteiger partial charge is 0.261 e. The summed E-state index contributed by atoms with van der Waals surface area (Å²) in [6, 6.07) is 7.36. The quantitative estimate of drug-likeness (QED) is 0.692. The Kier molecular flexibility index (Phi) is 4.03. The first-order chi connectivity index (χ1) is 10.2. The van der Waals surface area contributed by atoms with E-state index >= 15 is 0 Å². The maximum absolute atomic E-state index is 12.7. The van der Waals surface area contributed by atoms with Gasteiger partial charge >= 0.3 is 0 Å². The lowest BCUT2D eigenvalue weighted by Gasteiger charge is -2.14. The van der Waals surface area contributed by atoms with Gasteiger partial charge in [0.25, 0.3) is 5.56 Å². The van der Waals surface area contributed by atoms with Gasteiger partial charge in [-0.15, -0.1) is 22.9 Å². The number of aromatic nitrogens is 3. The summed E-state index contributed by atoms with van der Waals surface area (Å²) in [7, 11) is 0. The van der Waals surface area contributed by atoms with Crippen molar-refractivity contribution in [2.75, 3.05) is 0 Å². The molecule has 6 heteroatoms. The molecule has 0 amide bonds. The molecule has 0 spiro atoms. The molecule has 0 saturated heterocycles. The van der Waals surface area contributed by atoms with E-state index in [1.165, 1.54) is 0 Å². The summed E-state index contributed by atoms with van der Waals surface area (Å²) in [5, 5.41) is 3.24. The van der Waals surface area contributed by atoms with E-state index in [1.54, 1.807) is 28.2 Å². The van der Waals surface area contributed by atoms with Crippen molar-refractivity contribution in [2.45, 2.75) is 25.3 Å². The highest BCUT2D eigenvalue weighted by Crippen LogP contribution is 2.19. The number of alkyl halides is 1. The van der Waals surface area contributed by atoms with Crippen LogP contribution in [0.5, 0.6) is 0 Å². The number of benzene rings is 1. The van der Waals surface area contributed by atoms with Crippen molar-refractivity contribution >= 4 is 33.8 Å². The van der Waals surface area contributed by atoms with E-state index in [4.69, 9.17) is 11.6 Å². The van der Waals surface area contributed by atoms with Crippen molar-refractivity contribution in [1.29, 1.82) is 0 Å². The number of rotatable bonds is 4. The topological polar surface area (TPSA) is 47.8 Å². The summed E-state index contributed by atoms with van der Waals surface area (Å²) in [5.41, 5.74) is 0.648. The van der Waals surface area contributed by atoms with Gasteiger partial charge in [-0.2, -0.15) is 0 Å². The summed E-state index contributed by atoms with van der Waals surface area (Å²) < 4.78 is 1.67. The highest BCUT2D eigenvalue weighted by Gasteiger charge is 2.14. The van der Waals surface area contributed by atoms with Gasteiger partial charge < -0.3 is 0 Å². The Morgan fingerprint density at radius 3 is 2.90 bits per heavy atom. The van der Waals surface area contributed by atoms with E-state index in [0.717, 1.165) is 5.01 Å². The third kappa shape index (κ3) is 2.84. The molecule has 2 aromatic heterocycles. The Morgan fingerprint density at radius 1 is 1.38 bits per heavy atom. The van der Waals surface area contributed by atoms with E-state index < -0.39 is 0 Å². The predicted molar refractivity (Wildman–Crippen MR) is 86.1 cm³/mol. The van der Waals surface area contributed by atoms with Crippen molar-refractivity contribution in [3.05, 3.63) is 57.0 Å². The normalized spacial score (nSPS) is 12.7. The van der Waals surface area contributed by atoms with Crippen LogP contribution in [-0.2, 0) is 13.0 Å². The zero-order valence-electron chi connectivity index (χ0n) is 11.5. The van der Waals surface area contributed by atoms with Crippen LogP contribution in [0.3, 0.4) is 0 Å². The molecular formula is C15H14ClN3OS. The van der Waals surface area contributed by atoms with Gasteiger partial charge in [0.1, 0.15) is 5.82 Å². The fourth-order valence-electron chi connectivity index (χ4n) is 2.29. The molecule has 21 heavy (non-hydrogen) atoms. The first kappa shape index (κ1) is 14.2. The first-order valence-corrected chi connectivity index (χ1v) is 8.00. The lowest BCUT2D eigenvalue weighted by Crippen LogP contribution is -2.26. The van der Waals surface area contributed by atoms with Gasteiger partial charge in [-0.05, 0) is 19.1 Å². The number of hydrogen-bond acceptors (Lipinski definition) is 4. The third-order valence-corrected chi connectivity index (χ3v) is 4.31. The van der Waals surface area contributed by atoms with E-state index in [9.17, 15) is 4.79 Å². The Bertz CT molecular complexity index is 811. The molecule has 0 aliphatic carbocycles. The van der Waals surface area contributed by atoms with Crippen molar-refractivity contribution in [2.24, 2.45) is 0 Å². The number of hydrogen-bond donors (Lipinski definition) is 0. The highest BCUT2D eigenvalue weighted by atomic mass is 35.5. The van der Waals surface area contributed by atoms with Crippen LogP contribution in [0.1, 0.15) is 23.1 Å². The minimum Gasteiger partial charge on any atom is -0.294 e. The zero-order valence-corrected chi connectivity index (χ0v) is 13.1. The average Bonchev–Trinajstić information content (AvgIpc) is 2.99. The summed E-state index contributed by atoms with van der Waals surface area (Å²) in [6.07, 6.45) is 2.47. The Balaban J connectivity index is 2.08. The minimum absolute atomic E-state index is 0.0420. The lowest BCUT2D eigenvalue weighted by atomic mass is 10.2. The number of thiazole rings is 1. The minimum atomic E-state index is -0.321. The fraction of sp³-hybridized carbons (Fsp3) is 0.267. The monoisotopic (exact) mass is 319 g/mol. The van der Waals surface area contributed by atoms with Crippen molar-refractivity contribution < 1.29 is 0 Å². The molecular weight excluding hydrogens is 306 g/mol. The van der Waals surface area contributed by atoms with Crippen LogP contribution < -0.4 is 5.56 Å². The molecule has 0 aliphatic rings. The van der Waals surface area contributed by atoms with Crippen LogP contribution in [0.25, 0.3) is 10.9 Å². The van der Waals surface area contributed by atoms with Crippen LogP contribution >= 0.6 is 22.9 Å². The molecule has 0 N–H and O–H groups in total. The number of nitrogens with zero attached hydrogens (tertiary/aromatic N) is 3. The first-order valence-electron chi connectivity index (χ1n) is 6.68. The van der Waals surface area contributed by atoms with Crippen LogP contribution in [0, 0.1) is 0 Å². The highest BCUT2D eigenvalue weighted by molar-refractivity contribution is 7.09. The number of aryl methyl sites for hydroxylation is 1. The number of fused-ring (bicyclic) bond motifs is 1. The van der Waals surface area contributed by atoms with E-state index in [0.29, 0.717) is 29.7 Å². The van der Waals surface area contributed by atoms with E-state index in [2.05, 4.69) is 9.97 Å². The second kappa shape index (κ2) is 5.95. The zero-order chi connectivity index (χ0) is 14.8. The fourth-order valence-corrected chi connectivity index (χ4v) is 3.07. The van der Waals surface area contributed by atoms with Gasteiger partial charge in [-0.1, -0.05) is 12.1 Å². The number of para-hydroxylation sites is 1. The largest absolute Gasteiger partial charge is 0.294 e. The second-order valence-corrected chi connectivity index (χ2v) is 6.37. The molecule has 4 nitrogen and oxygen atoms in total. The van der Waals surface area contributed by atoms with Crippen LogP contribution in [0.4, 0.5) is 0 Å². The van der Waals surface area contributed by atoms with Gasteiger partial charge in [0.05, 0.1) is 21.3 Å². The van der Waals surface area contributed by atoms with Gasteiger partial charge in [-0.25, -0.2) is 9.97 Å². The van der Waals surface area contributed by atoms with Gasteiger partial charge in [0.2, 0.25) is 0 Å². The number of halogens is 1. The third-order valence-electron chi connectivity index (χ3n) is 3.28. The summed E-state index contributed by atoms with van der Waals surface area (Å²) in [5.74, 6) is 0.608. The molecule has 0 aliphatic heterocycles. The molecule has 2 heterocycles. The standard InChI is InChI=1S/C15H14ClN3OS/c1-10(16)14-18-12-5-3-2-4-11(12)15(20)19(14)8-6-13-17-7-9-21-13/h2-5,7,9-10H,6,8H2,1H3.